The molecule has 1 aromatic rings. The number of amides is 1. The van der Waals surface area contributed by atoms with Crippen LogP contribution in [0.25, 0.3) is 0 Å². The van der Waals surface area contributed by atoms with Crippen LogP contribution in [0, 0.1) is 5.92 Å². The van der Waals surface area contributed by atoms with E-state index >= 15 is 0 Å². The van der Waals surface area contributed by atoms with Crippen molar-refractivity contribution in [1.82, 2.24) is 4.31 Å². The van der Waals surface area contributed by atoms with Gasteiger partial charge < -0.3 is 15.0 Å². The van der Waals surface area contributed by atoms with Crippen molar-refractivity contribution in [2.75, 3.05) is 45.0 Å². The molecule has 0 aliphatic heterocycles. The van der Waals surface area contributed by atoms with Crippen molar-refractivity contribution in [1.29, 1.82) is 0 Å². The molecule has 0 bridgehead atoms. The minimum absolute atomic E-state index is 0.0587. The van der Waals surface area contributed by atoms with E-state index in [9.17, 15) is 18.0 Å². The molecule has 9 heteroatoms. The molecule has 2 rings (SSSR count). The van der Waals surface area contributed by atoms with Gasteiger partial charge in [-0.3, -0.25) is 9.59 Å². The van der Waals surface area contributed by atoms with E-state index in [1.54, 1.807) is 25.1 Å². The Balaban J connectivity index is 2.06. The molecule has 1 N–H and O–H groups in total. The first-order chi connectivity index (χ1) is 13.1. The molecule has 0 fully saturated rings. The van der Waals surface area contributed by atoms with Crippen molar-refractivity contribution >= 4 is 33.3 Å². The Morgan fingerprint density at radius 3 is 2.50 bits per heavy atom. The van der Waals surface area contributed by atoms with Crippen LogP contribution < -0.4 is 10.2 Å². The van der Waals surface area contributed by atoms with Gasteiger partial charge in [0.15, 0.2) is 6.61 Å². The van der Waals surface area contributed by atoms with Crippen molar-refractivity contribution in [2.24, 2.45) is 5.92 Å². The van der Waals surface area contributed by atoms with Gasteiger partial charge in [0.05, 0.1) is 22.7 Å². The lowest BCUT2D eigenvalue weighted by atomic mass is 10.1. The van der Waals surface area contributed by atoms with Gasteiger partial charge >= 0.3 is 5.97 Å². The van der Waals surface area contributed by atoms with Crippen LogP contribution >= 0.6 is 0 Å². The molecule has 154 valence electrons. The van der Waals surface area contributed by atoms with Gasteiger partial charge in [-0.1, -0.05) is 12.2 Å². The zero-order valence-electron chi connectivity index (χ0n) is 16.6. The van der Waals surface area contributed by atoms with E-state index in [1.807, 2.05) is 12.2 Å². The molecule has 0 heterocycles. The van der Waals surface area contributed by atoms with Crippen molar-refractivity contribution in [3.05, 3.63) is 30.4 Å². The van der Waals surface area contributed by atoms with Crippen molar-refractivity contribution in [2.45, 2.75) is 24.2 Å². The smallest absolute Gasteiger partial charge is 0.306 e. The molecule has 28 heavy (non-hydrogen) atoms. The van der Waals surface area contributed by atoms with Crippen LogP contribution in [0.4, 0.5) is 11.4 Å². The standard InChI is InChI=1S/C19H27N3O5S/c1-21(2)17-10-9-15(28(25,26)22(3)4)12-16(17)20-18(23)13-27-19(24)11-14-7-5-6-8-14/h5,7,9-10,12,14H,6,8,11,13H2,1-4H3,(H,20,23)/t14-/m1/s1. The first-order valence-corrected chi connectivity index (χ1v) is 10.4. The lowest BCUT2D eigenvalue weighted by Gasteiger charge is -2.20. The number of benzene rings is 1. The fourth-order valence-electron chi connectivity index (χ4n) is 2.85. The molecule has 1 aliphatic carbocycles. The zero-order chi connectivity index (χ0) is 20.9. The van der Waals surface area contributed by atoms with Crippen LogP contribution in [0.15, 0.2) is 35.2 Å². The molecular formula is C19H27N3O5S. The van der Waals surface area contributed by atoms with E-state index in [4.69, 9.17) is 4.74 Å². The highest BCUT2D eigenvalue weighted by Crippen LogP contribution is 2.28. The van der Waals surface area contributed by atoms with Crippen LogP contribution in [-0.4, -0.2) is 59.4 Å². The first kappa shape index (κ1) is 21.9. The number of ether oxygens (including phenoxy) is 1. The Morgan fingerprint density at radius 1 is 1.21 bits per heavy atom. The Labute approximate surface area is 166 Å². The molecule has 0 radical (unpaired) electrons. The van der Waals surface area contributed by atoms with Crippen LogP contribution in [0.1, 0.15) is 19.3 Å². The number of carbonyl (C=O) groups is 2. The topological polar surface area (TPSA) is 96.0 Å². The summed E-state index contributed by atoms with van der Waals surface area (Å²) < 4.78 is 30.9. The summed E-state index contributed by atoms with van der Waals surface area (Å²) in [6.07, 6.45) is 6.14. The predicted octanol–water partition coefficient (Wildman–Crippen LogP) is 1.84. The number of anilines is 2. The molecule has 0 unspecified atom stereocenters. The molecule has 0 spiro atoms. The fourth-order valence-corrected chi connectivity index (χ4v) is 3.78. The SMILES string of the molecule is CN(C)c1ccc(S(=O)(=O)N(C)C)cc1NC(=O)COC(=O)C[C@@H]1C=CCC1. The van der Waals surface area contributed by atoms with E-state index in [1.165, 1.54) is 26.2 Å². The summed E-state index contributed by atoms with van der Waals surface area (Å²) in [6.45, 7) is -0.424. The largest absolute Gasteiger partial charge is 0.456 e. The lowest BCUT2D eigenvalue weighted by Crippen LogP contribution is -2.25. The van der Waals surface area contributed by atoms with E-state index in [0.717, 1.165) is 17.1 Å². The molecule has 8 nitrogen and oxygen atoms in total. The van der Waals surface area contributed by atoms with Gasteiger partial charge in [0, 0.05) is 28.2 Å². The molecule has 0 aromatic heterocycles. The number of carbonyl (C=O) groups excluding carboxylic acids is 2. The second-order valence-electron chi connectivity index (χ2n) is 7.04. The molecular weight excluding hydrogens is 382 g/mol. The average molecular weight is 410 g/mol. The van der Waals surface area contributed by atoms with Gasteiger partial charge in [-0.25, -0.2) is 12.7 Å². The summed E-state index contributed by atoms with van der Waals surface area (Å²) in [5, 5.41) is 2.64. The van der Waals surface area contributed by atoms with Crippen molar-refractivity contribution in [3.8, 4) is 0 Å². The summed E-state index contributed by atoms with van der Waals surface area (Å²) >= 11 is 0. The molecule has 0 saturated heterocycles. The maximum absolute atomic E-state index is 12.4. The highest BCUT2D eigenvalue weighted by Gasteiger charge is 2.21. The minimum Gasteiger partial charge on any atom is -0.456 e. The van der Waals surface area contributed by atoms with Crippen molar-refractivity contribution in [3.63, 3.8) is 0 Å². The first-order valence-electron chi connectivity index (χ1n) is 8.97. The normalized spacial score (nSPS) is 16.2. The second-order valence-corrected chi connectivity index (χ2v) is 9.19. The Bertz CT molecular complexity index is 862. The van der Waals surface area contributed by atoms with E-state index in [-0.39, 0.29) is 17.2 Å². The third kappa shape index (κ3) is 5.56. The highest BCUT2D eigenvalue weighted by molar-refractivity contribution is 7.89. The second kappa shape index (κ2) is 9.20. The van der Waals surface area contributed by atoms with E-state index in [0.29, 0.717) is 11.4 Å². The third-order valence-electron chi connectivity index (χ3n) is 4.41. The number of hydrogen-bond acceptors (Lipinski definition) is 6. The number of nitrogens with zero attached hydrogens (tertiary/aromatic N) is 2. The zero-order valence-corrected chi connectivity index (χ0v) is 17.5. The lowest BCUT2D eigenvalue weighted by molar-refractivity contribution is -0.147. The van der Waals surface area contributed by atoms with Crippen LogP contribution in [0.3, 0.4) is 0 Å². The summed E-state index contributed by atoms with van der Waals surface area (Å²) in [4.78, 5) is 25.9. The molecule has 1 amide bonds. The van der Waals surface area contributed by atoms with Gasteiger partial charge in [-0.15, -0.1) is 0 Å². The number of esters is 1. The van der Waals surface area contributed by atoms with Crippen LogP contribution in [-0.2, 0) is 24.3 Å². The molecule has 0 saturated carbocycles. The molecule has 1 aliphatic rings. The number of sulfonamides is 1. The number of allylic oxidation sites excluding steroid dienone is 2. The average Bonchev–Trinajstić information content (AvgIpc) is 3.12. The number of rotatable bonds is 8. The van der Waals surface area contributed by atoms with Gasteiger partial charge in [0.2, 0.25) is 10.0 Å². The minimum atomic E-state index is -3.65. The highest BCUT2D eigenvalue weighted by atomic mass is 32.2. The number of hydrogen-bond donors (Lipinski definition) is 1. The Kier molecular flexibility index (Phi) is 7.20. The summed E-state index contributed by atoms with van der Waals surface area (Å²) in [7, 11) is 2.78. The fraction of sp³-hybridized carbons (Fsp3) is 0.474. The monoisotopic (exact) mass is 409 g/mol. The predicted molar refractivity (Wildman–Crippen MR) is 108 cm³/mol. The van der Waals surface area contributed by atoms with Gasteiger partial charge in [-0.05, 0) is 37.0 Å². The Morgan fingerprint density at radius 2 is 1.93 bits per heavy atom. The maximum atomic E-state index is 12.4. The van der Waals surface area contributed by atoms with E-state index < -0.39 is 28.5 Å². The summed E-state index contributed by atoms with van der Waals surface area (Å²) in [5.41, 5.74) is 0.959. The molecule has 1 atom stereocenters. The maximum Gasteiger partial charge on any atom is 0.306 e. The summed E-state index contributed by atoms with van der Waals surface area (Å²) in [5.74, 6) is -0.787. The quantitative estimate of drug-likeness (QED) is 0.520. The third-order valence-corrected chi connectivity index (χ3v) is 6.22. The van der Waals surface area contributed by atoms with Crippen LogP contribution in [0.5, 0.6) is 0 Å². The Hall–Kier alpha value is -2.39. The van der Waals surface area contributed by atoms with Crippen LogP contribution in [0.2, 0.25) is 0 Å². The van der Waals surface area contributed by atoms with Gasteiger partial charge in [0.1, 0.15) is 0 Å². The van der Waals surface area contributed by atoms with E-state index in [2.05, 4.69) is 5.32 Å². The van der Waals surface area contributed by atoms with Crippen molar-refractivity contribution < 1.29 is 22.7 Å². The van der Waals surface area contributed by atoms with Gasteiger partial charge in [-0.2, -0.15) is 0 Å². The number of nitrogens with one attached hydrogen (secondary N) is 1. The molecule has 1 aromatic carbocycles. The summed E-state index contributed by atoms with van der Waals surface area (Å²) in [6, 6.07) is 4.49. The van der Waals surface area contributed by atoms with Gasteiger partial charge in [0.25, 0.3) is 5.91 Å².